The highest BCUT2D eigenvalue weighted by Crippen LogP contribution is 2.13. The van der Waals surface area contributed by atoms with E-state index in [1.807, 2.05) is 0 Å². The van der Waals surface area contributed by atoms with Gasteiger partial charge in [-0.25, -0.2) is 9.13 Å². The molecule has 1 heterocycles. The van der Waals surface area contributed by atoms with Crippen molar-refractivity contribution in [2.24, 2.45) is 0 Å². The van der Waals surface area contributed by atoms with Crippen molar-refractivity contribution in [3.63, 3.8) is 0 Å². The Labute approximate surface area is 199 Å². The van der Waals surface area contributed by atoms with Gasteiger partial charge < -0.3 is 0 Å². The first-order valence-electron chi connectivity index (χ1n) is 14.0. The number of hydrogen-bond acceptors (Lipinski definition) is 0. The summed E-state index contributed by atoms with van der Waals surface area (Å²) in [5.41, 5.74) is 1.40. The summed E-state index contributed by atoms with van der Waals surface area (Å²) in [4.78, 5) is 0. The Kier molecular flexibility index (Phi) is 14.9. The van der Waals surface area contributed by atoms with Crippen molar-refractivity contribution in [1.29, 1.82) is 0 Å². The summed E-state index contributed by atoms with van der Waals surface area (Å²) in [5.74, 6) is 1.53. The molecule has 0 saturated heterocycles. The Balaban J connectivity index is 1.79. The minimum atomic E-state index is 0.998. The second-order valence-corrected chi connectivity index (χ2v) is 9.72. The van der Waals surface area contributed by atoms with E-state index in [1.54, 1.807) is 0 Å². The first kappa shape index (κ1) is 26.7. The summed E-state index contributed by atoms with van der Waals surface area (Å²) < 4.78 is 5.06. The van der Waals surface area contributed by atoms with E-state index in [2.05, 4.69) is 65.7 Å². The number of hydrogen-bond donors (Lipinski definition) is 0. The maximum atomic E-state index is 2.56. The first-order valence-corrected chi connectivity index (χ1v) is 14.0. The smallest absolute Gasteiger partial charge is 0.234 e. The van der Waals surface area contributed by atoms with E-state index in [0.717, 1.165) is 6.54 Å². The number of aromatic nitrogens is 2. The van der Waals surface area contributed by atoms with Crippen molar-refractivity contribution in [2.45, 2.75) is 136 Å². The van der Waals surface area contributed by atoms with Gasteiger partial charge in [0.2, 0.25) is 0 Å². The molecule has 0 saturated carbocycles. The van der Waals surface area contributed by atoms with Gasteiger partial charge in [0.1, 0.15) is 18.9 Å². The van der Waals surface area contributed by atoms with Crippen LogP contribution < -0.4 is 4.57 Å². The van der Waals surface area contributed by atoms with E-state index in [9.17, 15) is 0 Å². The number of unbranched alkanes of at least 4 members (excludes halogenated alkanes) is 14. The maximum Gasteiger partial charge on any atom is 0.256 e. The van der Waals surface area contributed by atoms with Crippen LogP contribution in [-0.4, -0.2) is 4.57 Å². The number of nitrogens with zero attached hydrogens (tertiary/aromatic N) is 2. The van der Waals surface area contributed by atoms with Gasteiger partial charge in [0.25, 0.3) is 5.82 Å². The van der Waals surface area contributed by atoms with E-state index >= 15 is 0 Å². The van der Waals surface area contributed by atoms with E-state index < -0.39 is 0 Å². The molecule has 2 heteroatoms. The average Bonchev–Trinajstić information content (AvgIpc) is 3.19. The normalized spacial score (nSPS) is 11.3. The molecule has 0 aliphatic heterocycles. The van der Waals surface area contributed by atoms with Crippen LogP contribution in [0.5, 0.6) is 0 Å². The number of aryl methyl sites for hydroxylation is 1. The minimum absolute atomic E-state index is 0.998. The van der Waals surface area contributed by atoms with Crippen LogP contribution in [0.1, 0.15) is 128 Å². The zero-order valence-electron chi connectivity index (χ0n) is 21.4. The quantitative estimate of drug-likeness (QED) is 0.144. The van der Waals surface area contributed by atoms with Crippen LogP contribution >= 0.6 is 0 Å². The molecule has 2 nitrogen and oxygen atoms in total. The summed E-state index contributed by atoms with van der Waals surface area (Å²) in [6.07, 6.45) is 28.1. The summed E-state index contributed by atoms with van der Waals surface area (Å²) in [6, 6.07) is 10.9. The number of rotatable bonds is 20. The SMILES string of the molecule is CCCCCCCCCCc1n(CCCCCCCCCC)cc[n+]1Cc1ccccc1. The predicted molar refractivity (Wildman–Crippen MR) is 139 cm³/mol. The zero-order valence-corrected chi connectivity index (χ0v) is 21.4. The first-order chi connectivity index (χ1) is 15.8. The third-order valence-electron chi connectivity index (χ3n) is 6.79. The summed E-state index contributed by atoms with van der Waals surface area (Å²) in [6.45, 7) is 6.78. The van der Waals surface area contributed by atoms with Crippen molar-refractivity contribution in [3.8, 4) is 0 Å². The predicted octanol–water partition coefficient (Wildman–Crippen LogP) is 8.65. The van der Waals surface area contributed by atoms with Crippen LogP contribution in [0.4, 0.5) is 0 Å². The van der Waals surface area contributed by atoms with E-state index in [-0.39, 0.29) is 0 Å². The molecule has 2 aromatic rings. The van der Waals surface area contributed by atoms with Crippen LogP contribution in [0.15, 0.2) is 42.7 Å². The van der Waals surface area contributed by atoms with Gasteiger partial charge in [0.05, 0.1) is 6.54 Å². The van der Waals surface area contributed by atoms with Crippen LogP contribution in [-0.2, 0) is 19.5 Å². The van der Waals surface area contributed by atoms with Crippen LogP contribution in [0.25, 0.3) is 0 Å². The molecule has 2 rings (SSSR count). The fraction of sp³-hybridized carbons (Fsp3) is 0.700. The van der Waals surface area contributed by atoms with Crippen LogP contribution in [0.3, 0.4) is 0 Å². The largest absolute Gasteiger partial charge is 0.256 e. The van der Waals surface area contributed by atoms with Gasteiger partial charge in [-0.15, -0.1) is 0 Å². The van der Waals surface area contributed by atoms with Crippen molar-refractivity contribution in [1.82, 2.24) is 4.57 Å². The van der Waals surface area contributed by atoms with Gasteiger partial charge in [0, 0.05) is 6.42 Å². The summed E-state index contributed by atoms with van der Waals surface area (Å²) in [7, 11) is 0. The van der Waals surface area contributed by atoms with Gasteiger partial charge in [-0.2, -0.15) is 0 Å². The molecule has 32 heavy (non-hydrogen) atoms. The Bertz CT molecular complexity index is 673. The molecule has 0 aliphatic rings. The van der Waals surface area contributed by atoms with E-state index in [0.29, 0.717) is 0 Å². The number of benzene rings is 1. The van der Waals surface area contributed by atoms with E-state index in [4.69, 9.17) is 0 Å². The molecular weight excluding hydrogens is 388 g/mol. The van der Waals surface area contributed by atoms with Gasteiger partial charge in [-0.3, -0.25) is 0 Å². The van der Waals surface area contributed by atoms with Crippen LogP contribution in [0, 0.1) is 0 Å². The lowest BCUT2D eigenvalue weighted by Gasteiger charge is -2.07. The highest BCUT2D eigenvalue weighted by Gasteiger charge is 2.17. The molecule has 1 aromatic carbocycles. The standard InChI is InChI=1S/C30H51N2/c1-3-5-7-9-11-13-15-20-24-30-31(25-21-16-14-12-10-8-6-4-2)26-27-32(30)28-29-22-18-17-19-23-29/h17-19,22-23,26-27H,3-16,20-21,24-25,28H2,1-2H3/q+1. The minimum Gasteiger partial charge on any atom is -0.234 e. The molecule has 0 atom stereocenters. The highest BCUT2D eigenvalue weighted by molar-refractivity contribution is 5.13. The highest BCUT2D eigenvalue weighted by atomic mass is 15.1. The lowest BCUT2D eigenvalue weighted by Crippen LogP contribution is -2.37. The summed E-state index contributed by atoms with van der Waals surface area (Å²) >= 11 is 0. The van der Waals surface area contributed by atoms with Gasteiger partial charge >= 0.3 is 0 Å². The van der Waals surface area contributed by atoms with Gasteiger partial charge in [-0.05, 0) is 24.8 Å². The Morgan fingerprint density at radius 3 is 1.75 bits per heavy atom. The maximum absolute atomic E-state index is 2.56. The van der Waals surface area contributed by atoms with Crippen LogP contribution in [0.2, 0.25) is 0 Å². The number of imidazole rings is 1. The van der Waals surface area contributed by atoms with Gasteiger partial charge in [-0.1, -0.05) is 128 Å². The molecule has 0 radical (unpaired) electrons. The van der Waals surface area contributed by atoms with E-state index in [1.165, 1.54) is 127 Å². The molecule has 0 spiro atoms. The molecular formula is C30H51N2+. The Hall–Kier alpha value is -1.57. The Morgan fingerprint density at radius 1 is 0.625 bits per heavy atom. The second-order valence-electron chi connectivity index (χ2n) is 9.72. The molecule has 0 aliphatic carbocycles. The van der Waals surface area contributed by atoms with Crippen molar-refractivity contribution < 1.29 is 4.57 Å². The zero-order chi connectivity index (χ0) is 22.7. The van der Waals surface area contributed by atoms with Gasteiger partial charge in [0.15, 0.2) is 0 Å². The molecule has 0 N–H and O–H groups in total. The fourth-order valence-corrected chi connectivity index (χ4v) is 4.75. The molecule has 0 amide bonds. The third kappa shape index (κ3) is 11.3. The molecule has 0 unspecified atom stereocenters. The van der Waals surface area contributed by atoms with Crippen molar-refractivity contribution in [2.75, 3.05) is 0 Å². The monoisotopic (exact) mass is 439 g/mol. The average molecular weight is 440 g/mol. The molecule has 1 aromatic heterocycles. The fourth-order valence-electron chi connectivity index (χ4n) is 4.75. The molecule has 0 fully saturated rings. The summed E-state index contributed by atoms with van der Waals surface area (Å²) in [5, 5.41) is 0. The molecule has 0 bridgehead atoms. The second kappa shape index (κ2) is 17.9. The topological polar surface area (TPSA) is 8.81 Å². The molecule has 180 valence electrons. The van der Waals surface area contributed by atoms with Crippen molar-refractivity contribution in [3.05, 3.63) is 54.1 Å². The lowest BCUT2D eigenvalue weighted by molar-refractivity contribution is -0.695. The third-order valence-corrected chi connectivity index (χ3v) is 6.79. The lowest BCUT2D eigenvalue weighted by atomic mass is 10.1. The van der Waals surface area contributed by atoms with Crippen molar-refractivity contribution >= 4 is 0 Å². The Morgan fingerprint density at radius 2 is 1.16 bits per heavy atom.